The summed E-state index contributed by atoms with van der Waals surface area (Å²) in [5.41, 5.74) is 1.01. The van der Waals surface area contributed by atoms with Crippen LogP contribution in [0.15, 0.2) is 48.5 Å². The molecule has 2 aromatic carbocycles. The van der Waals surface area contributed by atoms with E-state index in [0.717, 1.165) is 6.42 Å². The smallest absolute Gasteiger partial charge is 0.253 e. The number of carbonyl (C=O) groups is 3. The average molecular weight is 472 g/mol. The molecule has 1 heterocycles. The maximum Gasteiger partial charge on any atom is 0.253 e. The molecular formula is C25H30ClN3O4. The van der Waals surface area contributed by atoms with Gasteiger partial charge in [-0.05, 0) is 67.6 Å². The number of piperidine rings is 1. The molecule has 1 fully saturated rings. The molecule has 7 nitrogen and oxygen atoms in total. The fourth-order valence-electron chi connectivity index (χ4n) is 3.96. The molecule has 0 aliphatic carbocycles. The second-order valence-corrected chi connectivity index (χ2v) is 8.55. The standard InChI is InChI=1S/C25H30ClN3O4/c1-3-13-27-24(31)22(28-23(30)19-5-4-6-21(16-19)33-2)17-11-14-29(15-12-17)25(32)18-7-9-20(26)10-8-18/h4-10,16-17,22H,3,11-15H2,1-2H3,(H,27,31)(H,28,30)/t22-/m0/s1. The van der Waals surface area contributed by atoms with Crippen LogP contribution in [0.3, 0.4) is 0 Å². The summed E-state index contributed by atoms with van der Waals surface area (Å²) in [6, 6.07) is 13.0. The molecular weight excluding hydrogens is 442 g/mol. The van der Waals surface area contributed by atoms with Crippen LogP contribution in [0.2, 0.25) is 5.02 Å². The SMILES string of the molecule is CCCNC(=O)[C@@H](NC(=O)c1cccc(OC)c1)C1CCN(C(=O)c2ccc(Cl)cc2)CC1. The first-order valence-electron chi connectivity index (χ1n) is 11.2. The van der Waals surface area contributed by atoms with Crippen molar-refractivity contribution in [3.8, 4) is 5.75 Å². The summed E-state index contributed by atoms with van der Waals surface area (Å²) in [6.45, 7) is 3.54. The van der Waals surface area contributed by atoms with E-state index < -0.39 is 6.04 Å². The first kappa shape index (κ1) is 24.6. The van der Waals surface area contributed by atoms with Crippen molar-refractivity contribution < 1.29 is 19.1 Å². The van der Waals surface area contributed by atoms with Gasteiger partial charge in [0.2, 0.25) is 5.91 Å². The molecule has 0 bridgehead atoms. The molecule has 0 aromatic heterocycles. The van der Waals surface area contributed by atoms with Gasteiger partial charge in [-0.3, -0.25) is 14.4 Å². The van der Waals surface area contributed by atoms with E-state index in [-0.39, 0.29) is 23.6 Å². The predicted molar refractivity (Wildman–Crippen MR) is 128 cm³/mol. The van der Waals surface area contributed by atoms with Gasteiger partial charge < -0.3 is 20.3 Å². The van der Waals surface area contributed by atoms with Crippen molar-refractivity contribution in [2.24, 2.45) is 5.92 Å². The molecule has 0 unspecified atom stereocenters. The number of nitrogens with zero attached hydrogens (tertiary/aromatic N) is 1. The summed E-state index contributed by atoms with van der Waals surface area (Å²) in [6.07, 6.45) is 2.03. The van der Waals surface area contributed by atoms with Crippen LogP contribution in [-0.4, -0.2) is 55.4 Å². The number of hydrogen-bond acceptors (Lipinski definition) is 4. The van der Waals surface area contributed by atoms with E-state index in [1.165, 1.54) is 7.11 Å². The highest BCUT2D eigenvalue weighted by Gasteiger charge is 2.34. The third-order valence-electron chi connectivity index (χ3n) is 5.84. The zero-order chi connectivity index (χ0) is 23.8. The first-order chi connectivity index (χ1) is 15.9. The molecule has 8 heteroatoms. The van der Waals surface area contributed by atoms with Gasteiger partial charge in [-0.2, -0.15) is 0 Å². The summed E-state index contributed by atoms with van der Waals surface area (Å²) in [5, 5.41) is 6.40. The summed E-state index contributed by atoms with van der Waals surface area (Å²) < 4.78 is 5.20. The number of ether oxygens (including phenoxy) is 1. The average Bonchev–Trinajstić information content (AvgIpc) is 2.86. The van der Waals surface area contributed by atoms with Gasteiger partial charge in [0, 0.05) is 35.8 Å². The molecule has 0 saturated carbocycles. The molecule has 0 spiro atoms. The zero-order valence-corrected chi connectivity index (χ0v) is 19.7. The van der Waals surface area contributed by atoms with E-state index in [1.54, 1.807) is 53.4 Å². The normalized spacial score (nSPS) is 14.9. The molecule has 1 aliphatic heterocycles. The molecule has 3 rings (SSSR count). The van der Waals surface area contributed by atoms with Crippen LogP contribution >= 0.6 is 11.6 Å². The third kappa shape index (κ3) is 6.48. The Morgan fingerprint density at radius 2 is 1.79 bits per heavy atom. The van der Waals surface area contributed by atoms with Gasteiger partial charge in [0.25, 0.3) is 11.8 Å². The van der Waals surface area contributed by atoms with E-state index in [4.69, 9.17) is 16.3 Å². The van der Waals surface area contributed by atoms with Crippen LogP contribution in [0.4, 0.5) is 0 Å². The van der Waals surface area contributed by atoms with Crippen LogP contribution < -0.4 is 15.4 Å². The Morgan fingerprint density at radius 3 is 2.42 bits per heavy atom. The molecule has 1 aliphatic rings. The first-order valence-corrected chi connectivity index (χ1v) is 11.6. The number of hydrogen-bond donors (Lipinski definition) is 2. The molecule has 2 aromatic rings. The van der Waals surface area contributed by atoms with Crippen molar-refractivity contribution in [2.45, 2.75) is 32.2 Å². The Labute approximate surface area is 199 Å². The van der Waals surface area contributed by atoms with E-state index in [2.05, 4.69) is 10.6 Å². The zero-order valence-electron chi connectivity index (χ0n) is 19.0. The van der Waals surface area contributed by atoms with Crippen LogP contribution in [0, 0.1) is 5.92 Å². The number of nitrogens with one attached hydrogen (secondary N) is 2. The summed E-state index contributed by atoms with van der Waals surface area (Å²) in [7, 11) is 1.54. The monoisotopic (exact) mass is 471 g/mol. The van der Waals surface area contributed by atoms with Crippen LogP contribution in [0.1, 0.15) is 46.9 Å². The predicted octanol–water partition coefficient (Wildman–Crippen LogP) is 3.53. The van der Waals surface area contributed by atoms with Crippen molar-refractivity contribution in [3.05, 3.63) is 64.7 Å². The Kier molecular flexibility index (Phi) is 8.72. The Hall–Kier alpha value is -3.06. The summed E-state index contributed by atoms with van der Waals surface area (Å²) >= 11 is 5.92. The fraction of sp³-hybridized carbons (Fsp3) is 0.400. The lowest BCUT2D eigenvalue weighted by atomic mass is 9.88. The second kappa shape index (κ2) is 11.7. The maximum atomic E-state index is 12.9. The summed E-state index contributed by atoms with van der Waals surface area (Å²) in [5.74, 6) is -0.0901. The van der Waals surface area contributed by atoms with Gasteiger partial charge in [-0.25, -0.2) is 0 Å². The van der Waals surface area contributed by atoms with Crippen molar-refractivity contribution in [2.75, 3.05) is 26.7 Å². The number of likely N-dealkylation sites (tertiary alicyclic amines) is 1. The molecule has 33 heavy (non-hydrogen) atoms. The molecule has 1 atom stereocenters. The number of halogens is 1. The minimum absolute atomic E-state index is 0.0579. The number of benzene rings is 2. The van der Waals surface area contributed by atoms with Crippen molar-refractivity contribution in [1.29, 1.82) is 0 Å². The highest BCUT2D eigenvalue weighted by Crippen LogP contribution is 2.24. The molecule has 3 amide bonds. The van der Waals surface area contributed by atoms with Gasteiger partial charge in [0.15, 0.2) is 0 Å². The van der Waals surface area contributed by atoms with E-state index >= 15 is 0 Å². The van der Waals surface area contributed by atoms with Gasteiger partial charge in [0.1, 0.15) is 11.8 Å². The number of rotatable bonds is 8. The van der Waals surface area contributed by atoms with Crippen LogP contribution in [0.25, 0.3) is 0 Å². The molecule has 176 valence electrons. The quantitative estimate of drug-likeness (QED) is 0.616. The number of methoxy groups -OCH3 is 1. The maximum absolute atomic E-state index is 12.9. The lowest BCUT2D eigenvalue weighted by Gasteiger charge is -2.36. The van der Waals surface area contributed by atoms with Crippen molar-refractivity contribution in [1.82, 2.24) is 15.5 Å². The largest absolute Gasteiger partial charge is 0.497 e. The molecule has 2 N–H and O–H groups in total. The van der Waals surface area contributed by atoms with Gasteiger partial charge in [0.05, 0.1) is 7.11 Å². The fourth-order valence-corrected chi connectivity index (χ4v) is 4.08. The Morgan fingerprint density at radius 1 is 1.09 bits per heavy atom. The second-order valence-electron chi connectivity index (χ2n) is 8.11. The van der Waals surface area contributed by atoms with Gasteiger partial charge in [-0.1, -0.05) is 24.6 Å². The highest BCUT2D eigenvalue weighted by atomic mass is 35.5. The topological polar surface area (TPSA) is 87.7 Å². The lowest BCUT2D eigenvalue weighted by Crippen LogP contribution is -2.54. The lowest BCUT2D eigenvalue weighted by molar-refractivity contribution is -0.124. The van der Waals surface area contributed by atoms with E-state index in [1.807, 2.05) is 6.92 Å². The minimum atomic E-state index is -0.678. The highest BCUT2D eigenvalue weighted by molar-refractivity contribution is 6.30. The van der Waals surface area contributed by atoms with Crippen molar-refractivity contribution >= 4 is 29.3 Å². The van der Waals surface area contributed by atoms with E-state index in [9.17, 15) is 14.4 Å². The van der Waals surface area contributed by atoms with Crippen LogP contribution in [0.5, 0.6) is 5.75 Å². The van der Waals surface area contributed by atoms with E-state index in [0.29, 0.717) is 54.4 Å². The third-order valence-corrected chi connectivity index (χ3v) is 6.09. The number of amides is 3. The minimum Gasteiger partial charge on any atom is -0.497 e. The Balaban J connectivity index is 1.68. The molecule has 0 radical (unpaired) electrons. The van der Waals surface area contributed by atoms with Gasteiger partial charge >= 0.3 is 0 Å². The van der Waals surface area contributed by atoms with Crippen molar-refractivity contribution in [3.63, 3.8) is 0 Å². The molecule has 1 saturated heterocycles. The summed E-state index contributed by atoms with van der Waals surface area (Å²) in [4.78, 5) is 40.4. The van der Waals surface area contributed by atoms with Gasteiger partial charge in [-0.15, -0.1) is 0 Å². The Bertz CT molecular complexity index is 972. The number of carbonyl (C=O) groups excluding carboxylic acids is 3. The van der Waals surface area contributed by atoms with Crippen LogP contribution in [-0.2, 0) is 4.79 Å².